The van der Waals surface area contributed by atoms with Crippen molar-refractivity contribution in [3.05, 3.63) is 0 Å². The molecule has 0 aromatic rings. The Morgan fingerprint density at radius 3 is 2.26 bits per heavy atom. The molecule has 2 aliphatic carbocycles. The molecule has 3 nitrogen and oxygen atoms in total. The molecule has 0 aromatic carbocycles. The lowest BCUT2D eigenvalue weighted by molar-refractivity contribution is -0.260. The Hall–Kier alpha value is -0.850. The SMILES string of the molecule is CCC(C)(F)C(=O)OC1CC2CC(CC(C)(O)C(F)(F)F)C1C2. The minimum absolute atomic E-state index is 0.0150. The van der Waals surface area contributed by atoms with Crippen molar-refractivity contribution in [2.45, 2.75) is 76.4 Å². The third-order valence-electron chi connectivity index (χ3n) is 5.51. The maximum atomic E-state index is 14.0. The molecule has 2 bridgehead atoms. The monoisotopic (exact) mass is 340 g/mol. The predicted octanol–water partition coefficient (Wildman–Crippen LogP) is 3.79. The maximum absolute atomic E-state index is 14.0. The summed E-state index contributed by atoms with van der Waals surface area (Å²) in [5, 5.41) is 9.68. The number of halogens is 4. The van der Waals surface area contributed by atoms with Crippen molar-refractivity contribution in [2.24, 2.45) is 17.8 Å². The van der Waals surface area contributed by atoms with Crippen molar-refractivity contribution >= 4 is 5.97 Å². The standard InChI is InChI=1S/C16H24F4O3/c1-4-14(2,17)13(21)23-12-7-9-5-10(11(12)6-9)8-15(3,22)16(18,19)20/h9-12,22H,4-8H2,1-3H3. The molecule has 2 rings (SSSR count). The van der Waals surface area contributed by atoms with Crippen LogP contribution < -0.4 is 0 Å². The molecule has 7 heteroatoms. The molecule has 0 amide bonds. The second-order valence-electron chi connectivity index (χ2n) is 7.47. The number of carbonyl (C=O) groups is 1. The summed E-state index contributed by atoms with van der Waals surface area (Å²) in [5.41, 5.74) is -4.83. The number of rotatable bonds is 5. The van der Waals surface area contributed by atoms with Crippen molar-refractivity contribution in [3.63, 3.8) is 0 Å². The molecule has 0 heterocycles. The van der Waals surface area contributed by atoms with E-state index >= 15 is 0 Å². The normalized spacial score (nSPS) is 35.7. The average Bonchev–Trinajstić information content (AvgIpc) is 2.96. The van der Waals surface area contributed by atoms with E-state index in [1.165, 1.54) is 6.92 Å². The van der Waals surface area contributed by atoms with Gasteiger partial charge in [0.25, 0.3) is 0 Å². The van der Waals surface area contributed by atoms with E-state index in [-0.39, 0.29) is 24.2 Å². The summed E-state index contributed by atoms with van der Waals surface area (Å²) in [5.74, 6) is -1.36. The molecule has 0 spiro atoms. The molecule has 2 fully saturated rings. The zero-order valence-electron chi connectivity index (χ0n) is 13.6. The average molecular weight is 340 g/mol. The topological polar surface area (TPSA) is 46.5 Å². The van der Waals surface area contributed by atoms with Gasteiger partial charge in [-0.25, -0.2) is 9.18 Å². The van der Waals surface area contributed by atoms with Crippen LogP contribution in [0.5, 0.6) is 0 Å². The Balaban J connectivity index is 2.02. The largest absolute Gasteiger partial charge is 0.460 e. The van der Waals surface area contributed by atoms with Crippen LogP contribution in [-0.4, -0.2) is 34.6 Å². The molecular formula is C16H24F4O3. The first-order valence-electron chi connectivity index (χ1n) is 8.06. The summed E-state index contributed by atoms with van der Waals surface area (Å²) in [6.45, 7) is 3.45. The highest BCUT2D eigenvalue weighted by Crippen LogP contribution is 2.53. The van der Waals surface area contributed by atoms with Gasteiger partial charge in [-0.1, -0.05) is 6.92 Å². The second-order valence-corrected chi connectivity index (χ2v) is 7.47. The molecule has 6 atom stereocenters. The van der Waals surface area contributed by atoms with Crippen LogP contribution in [0.2, 0.25) is 0 Å². The van der Waals surface area contributed by atoms with E-state index in [4.69, 9.17) is 4.74 Å². The summed E-state index contributed by atoms with van der Waals surface area (Å²) < 4.78 is 57.8. The van der Waals surface area contributed by atoms with E-state index in [0.29, 0.717) is 19.3 Å². The fraction of sp³-hybridized carbons (Fsp3) is 0.938. The van der Waals surface area contributed by atoms with Crippen LogP contribution in [0.25, 0.3) is 0 Å². The number of ether oxygens (including phenoxy) is 1. The zero-order valence-corrected chi connectivity index (χ0v) is 13.6. The van der Waals surface area contributed by atoms with Gasteiger partial charge in [-0.15, -0.1) is 0 Å². The lowest BCUT2D eigenvalue weighted by Crippen LogP contribution is -2.46. The van der Waals surface area contributed by atoms with E-state index in [9.17, 15) is 27.5 Å². The molecule has 6 unspecified atom stereocenters. The summed E-state index contributed by atoms with van der Waals surface area (Å²) in [6.07, 6.45) is -3.83. The number of carbonyl (C=O) groups excluding carboxylic acids is 1. The van der Waals surface area contributed by atoms with Gasteiger partial charge in [0.1, 0.15) is 6.10 Å². The van der Waals surface area contributed by atoms with Crippen LogP contribution >= 0.6 is 0 Å². The smallest absolute Gasteiger partial charge is 0.416 e. The summed E-state index contributed by atoms with van der Waals surface area (Å²) >= 11 is 0. The molecule has 0 saturated heterocycles. The number of fused-ring (bicyclic) bond motifs is 2. The Morgan fingerprint density at radius 1 is 1.17 bits per heavy atom. The fourth-order valence-electron chi connectivity index (χ4n) is 3.83. The van der Waals surface area contributed by atoms with Gasteiger partial charge in [-0.2, -0.15) is 13.2 Å². The third-order valence-corrected chi connectivity index (χ3v) is 5.51. The van der Waals surface area contributed by atoms with Crippen molar-refractivity contribution in [1.29, 1.82) is 0 Å². The van der Waals surface area contributed by atoms with Crippen molar-refractivity contribution in [3.8, 4) is 0 Å². The molecule has 134 valence electrons. The van der Waals surface area contributed by atoms with E-state index in [1.807, 2.05) is 0 Å². The quantitative estimate of drug-likeness (QED) is 0.612. The molecule has 1 N–H and O–H groups in total. The highest BCUT2D eigenvalue weighted by Gasteiger charge is 2.56. The Kier molecular flexibility index (Phi) is 4.74. The Bertz CT molecular complexity index is 459. The fourth-order valence-corrected chi connectivity index (χ4v) is 3.83. The van der Waals surface area contributed by atoms with Crippen LogP contribution in [0.1, 0.15) is 52.9 Å². The number of hydrogen-bond acceptors (Lipinski definition) is 3. The Labute approximate surface area is 133 Å². The van der Waals surface area contributed by atoms with Crippen molar-refractivity contribution < 1.29 is 32.2 Å². The molecule has 0 aromatic heterocycles. The van der Waals surface area contributed by atoms with Gasteiger partial charge in [0.05, 0.1) is 0 Å². The second kappa shape index (κ2) is 5.90. The number of hydrogen-bond donors (Lipinski definition) is 1. The van der Waals surface area contributed by atoms with E-state index in [2.05, 4.69) is 0 Å². The number of esters is 1. The highest BCUT2D eigenvalue weighted by atomic mass is 19.4. The van der Waals surface area contributed by atoms with Gasteiger partial charge < -0.3 is 9.84 Å². The number of alkyl halides is 4. The highest BCUT2D eigenvalue weighted by molar-refractivity contribution is 5.79. The molecule has 0 aliphatic heterocycles. The molecule has 2 saturated carbocycles. The predicted molar refractivity (Wildman–Crippen MR) is 75.3 cm³/mol. The van der Waals surface area contributed by atoms with Crippen LogP contribution in [0.3, 0.4) is 0 Å². The van der Waals surface area contributed by atoms with Crippen LogP contribution in [0.4, 0.5) is 17.6 Å². The van der Waals surface area contributed by atoms with Gasteiger partial charge in [0.2, 0.25) is 5.67 Å². The minimum atomic E-state index is -4.69. The van der Waals surface area contributed by atoms with Gasteiger partial charge in [-0.05, 0) is 63.7 Å². The molecular weight excluding hydrogens is 316 g/mol. The summed E-state index contributed by atoms with van der Waals surface area (Å²) in [4.78, 5) is 11.9. The van der Waals surface area contributed by atoms with Gasteiger partial charge in [0, 0.05) is 0 Å². The van der Waals surface area contributed by atoms with Gasteiger partial charge in [0.15, 0.2) is 5.60 Å². The third kappa shape index (κ3) is 3.64. The van der Waals surface area contributed by atoms with E-state index in [1.54, 1.807) is 0 Å². The molecule has 2 aliphatic rings. The van der Waals surface area contributed by atoms with Crippen molar-refractivity contribution in [2.75, 3.05) is 0 Å². The first-order chi connectivity index (χ1) is 10.4. The zero-order chi connectivity index (χ0) is 17.6. The van der Waals surface area contributed by atoms with Gasteiger partial charge in [-0.3, -0.25) is 0 Å². The molecule has 0 radical (unpaired) electrons. The Morgan fingerprint density at radius 2 is 1.78 bits per heavy atom. The first kappa shape index (κ1) is 18.5. The minimum Gasteiger partial charge on any atom is -0.460 e. The lowest BCUT2D eigenvalue weighted by Gasteiger charge is -2.35. The van der Waals surface area contributed by atoms with Crippen molar-refractivity contribution in [1.82, 2.24) is 0 Å². The van der Waals surface area contributed by atoms with Crippen LogP contribution in [0.15, 0.2) is 0 Å². The first-order valence-corrected chi connectivity index (χ1v) is 8.06. The maximum Gasteiger partial charge on any atom is 0.416 e. The van der Waals surface area contributed by atoms with Gasteiger partial charge >= 0.3 is 12.1 Å². The van der Waals surface area contributed by atoms with E-state index in [0.717, 1.165) is 13.8 Å². The number of aliphatic hydroxyl groups is 1. The lowest BCUT2D eigenvalue weighted by atomic mass is 9.79. The van der Waals surface area contributed by atoms with E-state index < -0.39 is 35.9 Å². The van der Waals surface area contributed by atoms with Crippen LogP contribution in [-0.2, 0) is 9.53 Å². The summed E-state index contributed by atoms with van der Waals surface area (Å²) in [6, 6.07) is 0. The van der Waals surface area contributed by atoms with Crippen LogP contribution in [0, 0.1) is 17.8 Å². The molecule has 23 heavy (non-hydrogen) atoms. The summed E-state index contributed by atoms with van der Waals surface area (Å²) in [7, 11) is 0.